The van der Waals surface area contributed by atoms with Gasteiger partial charge in [-0.15, -0.1) is 11.8 Å². The molecule has 1 unspecified atom stereocenters. The van der Waals surface area contributed by atoms with Crippen LogP contribution in [0.1, 0.15) is 44.7 Å². The highest BCUT2D eigenvalue weighted by Crippen LogP contribution is 2.24. The van der Waals surface area contributed by atoms with Gasteiger partial charge in [0.05, 0.1) is 11.3 Å². The lowest BCUT2D eigenvalue weighted by atomic mass is 10.0. The third kappa shape index (κ3) is 5.43. The molecular weight excluding hydrogens is 280 g/mol. The van der Waals surface area contributed by atoms with Gasteiger partial charge in [0.25, 0.3) is 0 Å². The van der Waals surface area contributed by atoms with E-state index in [0.717, 1.165) is 30.7 Å². The van der Waals surface area contributed by atoms with Crippen LogP contribution < -0.4 is 5.32 Å². The first-order valence-electron chi connectivity index (χ1n) is 7.54. The van der Waals surface area contributed by atoms with Crippen molar-refractivity contribution in [2.24, 2.45) is 0 Å². The summed E-state index contributed by atoms with van der Waals surface area (Å²) in [6.45, 7) is 6.13. The van der Waals surface area contributed by atoms with Gasteiger partial charge in [-0.25, -0.2) is 0 Å². The summed E-state index contributed by atoms with van der Waals surface area (Å²) < 4.78 is 0. The predicted molar refractivity (Wildman–Crippen MR) is 90.6 cm³/mol. The fourth-order valence-electron chi connectivity index (χ4n) is 2.11. The van der Waals surface area contributed by atoms with E-state index in [1.807, 2.05) is 13.0 Å². The van der Waals surface area contributed by atoms with Gasteiger partial charge in [0, 0.05) is 12.1 Å². The number of para-hydroxylation sites is 1. The lowest BCUT2D eigenvalue weighted by Gasteiger charge is -2.17. The van der Waals surface area contributed by atoms with Gasteiger partial charge in [-0.05, 0) is 43.1 Å². The zero-order chi connectivity index (χ0) is 15.7. The van der Waals surface area contributed by atoms with E-state index in [9.17, 15) is 4.79 Å². The van der Waals surface area contributed by atoms with E-state index in [1.165, 1.54) is 11.1 Å². The highest BCUT2D eigenvalue weighted by atomic mass is 32.2. The average Bonchev–Trinajstić information content (AvgIpc) is 2.51. The maximum absolute atomic E-state index is 12.3. The van der Waals surface area contributed by atoms with Crippen molar-refractivity contribution >= 4 is 23.4 Å². The molecule has 0 aliphatic carbocycles. The third-order valence-electron chi connectivity index (χ3n) is 3.42. The number of carbonyl (C=O) groups is 1. The molecule has 0 saturated heterocycles. The number of benzene rings is 1. The van der Waals surface area contributed by atoms with Crippen molar-refractivity contribution in [3.8, 4) is 6.07 Å². The summed E-state index contributed by atoms with van der Waals surface area (Å²) in [4.78, 5) is 12.3. The monoisotopic (exact) mass is 304 g/mol. The molecule has 21 heavy (non-hydrogen) atoms. The molecular formula is C17H24N2OS. The molecule has 0 spiro atoms. The second-order valence-electron chi connectivity index (χ2n) is 4.92. The van der Waals surface area contributed by atoms with E-state index in [2.05, 4.69) is 37.4 Å². The Hall–Kier alpha value is -1.47. The van der Waals surface area contributed by atoms with Gasteiger partial charge >= 0.3 is 0 Å². The summed E-state index contributed by atoms with van der Waals surface area (Å²) >= 11 is 1.61. The van der Waals surface area contributed by atoms with Crippen LogP contribution in [0.3, 0.4) is 0 Å². The number of nitrogens with one attached hydrogen (secondary N) is 1. The minimum Gasteiger partial charge on any atom is -0.325 e. The second-order valence-corrected chi connectivity index (χ2v) is 6.37. The fraction of sp³-hybridized carbons (Fsp3) is 0.529. The summed E-state index contributed by atoms with van der Waals surface area (Å²) in [5.41, 5.74) is 3.35. The quantitative estimate of drug-likeness (QED) is 0.733. The molecule has 114 valence electrons. The Kier molecular flexibility index (Phi) is 7.92. The van der Waals surface area contributed by atoms with Crippen LogP contribution >= 0.6 is 11.8 Å². The lowest BCUT2D eigenvalue weighted by Crippen LogP contribution is -2.24. The molecule has 1 aromatic carbocycles. The van der Waals surface area contributed by atoms with Crippen LogP contribution in [0.15, 0.2) is 18.2 Å². The second kappa shape index (κ2) is 9.46. The number of nitrogens with zero attached hydrogens (tertiary/aromatic N) is 1. The van der Waals surface area contributed by atoms with Crippen LogP contribution in [0, 0.1) is 11.3 Å². The van der Waals surface area contributed by atoms with Gasteiger partial charge in [0.15, 0.2) is 0 Å². The number of amides is 1. The van der Waals surface area contributed by atoms with Crippen molar-refractivity contribution in [3.05, 3.63) is 29.3 Å². The van der Waals surface area contributed by atoms with Gasteiger partial charge in [0.2, 0.25) is 5.91 Å². The predicted octanol–water partition coefficient (Wildman–Crippen LogP) is 4.18. The Morgan fingerprint density at radius 2 is 1.95 bits per heavy atom. The highest BCUT2D eigenvalue weighted by molar-refractivity contribution is 8.00. The summed E-state index contributed by atoms with van der Waals surface area (Å²) in [6, 6.07) is 8.31. The summed E-state index contributed by atoms with van der Waals surface area (Å²) in [5.74, 6) is 0.894. The molecule has 0 aliphatic rings. The molecule has 0 fully saturated rings. The molecule has 0 aromatic heterocycles. The van der Waals surface area contributed by atoms with Crippen LogP contribution in [0.5, 0.6) is 0 Å². The average molecular weight is 304 g/mol. The maximum atomic E-state index is 12.3. The molecule has 0 aliphatic heterocycles. The Labute approximate surface area is 132 Å². The fourth-order valence-corrected chi connectivity index (χ4v) is 2.99. The number of nitriles is 1. The largest absolute Gasteiger partial charge is 0.325 e. The van der Waals surface area contributed by atoms with Crippen LogP contribution in [-0.4, -0.2) is 16.9 Å². The zero-order valence-corrected chi connectivity index (χ0v) is 13.9. The lowest BCUT2D eigenvalue weighted by molar-refractivity contribution is -0.115. The van der Waals surface area contributed by atoms with Crippen LogP contribution in [0.4, 0.5) is 5.69 Å². The molecule has 4 heteroatoms. The minimum absolute atomic E-state index is 0.0487. The normalized spacial score (nSPS) is 11.7. The van der Waals surface area contributed by atoms with Gasteiger partial charge in [-0.3, -0.25) is 4.79 Å². The van der Waals surface area contributed by atoms with Gasteiger partial charge in [-0.1, -0.05) is 32.0 Å². The number of rotatable bonds is 8. The number of hydrogen-bond donors (Lipinski definition) is 1. The number of aryl methyl sites for hydroxylation is 2. The Balaban J connectivity index is 2.67. The van der Waals surface area contributed by atoms with E-state index >= 15 is 0 Å². The summed E-state index contributed by atoms with van der Waals surface area (Å²) in [5, 5.41) is 11.5. The van der Waals surface area contributed by atoms with Gasteiger partial charge in [0.1, 0.15) is 0 Å². The SMILES string of the molecule is CCc1cccc(CC)c1NC(=O)C(C)SCCCC#N. The smallest absolute Gasteiger partial charge is 0.237 e. The molecule has 1 aromatic rings. The summed E-state index contributed by atoms with van der Waals surface area (Å²) in [7, 11) is 0. The standard InChI is InChI=1S/C17H24N2OS/c1-4-14-9-8-10-15(5-2)16(14)19-17(20)13(3)21-12-7-6-11-18/h8-10,13H,4-7,12H2,1-3H3,(H,19,20). The van der Waals surface area contributed by atoms with E-state index < -0.39 is 0 Å². The highest BCUT2D eigenvalue weighted by Gasteiger charge is 2.16. The molecule has 1 N–H and O–H groups in total. The van der Waals surface area contributed by atoms with Crippen molar-refractivity contribution in [1.29, 1.82) is 5.26 Å². The molecule has 0 radical (unpaired) electrons. The first kappa shape index (κ1) is 17.6. The topological polar surface area (TPSA) is 52.9 Å². The molecule has 0 heterocycles. The maximum Gasteiger partial charge on any atom is 0.237 e. The number of anilines is 1. The van der Waals surface area contributed by atoms with Crippen molar-refractivity contribution in [2.75, 3.05) is 11.1 Å². The molecule has 1 atom stereocenters. The number of unbranched alkanes of at least 4 members (excludes halogenated alkanes) is 1. The zero-order valence-electron chi connectivity index (χ0n) is 13.1. The molecule has 0 bridgehead atoms. The first-order chi connectivity index (χ1) is 10.1. The molecule has 1 rings (SSSR count). The van der Waals surface area contributed by atoms with Crippen molar-refractivity contribution in [3.63, 3.8) is 0 Å². The minimum atomic E-state index is -0.0988. The Morgan fingerprint density at radius 1 is 1.33 bits per heavy atom. The first-order valence-corrected chi connectivity index (χ1v) is 8.59. The Morgan fingerprint density at radius 3 is 2.48 bits per heavy atom. The Bertz CT molecular complexity index is 486. The van der Waals surface area contributed by atoms with E-state index in [4.69, 9.17) is 5.26 Å². The van der Waals surface area contributed by atoms with Crippen molar-refractivity contribution < 1.29 is 4.79 Å². The molecule has 3 nitrogen and oxygen atoms in total. The van der Waals surface area contributed by atoms with E-state index in [0.29, 0.717) is 6.42 Å². The number of carbonyl (C=O) groups excluding carboxylic acids is 1. The summed E-state index contributed by atoms with van der Waals surface area (Å²) in [6.07, 6.45) is 3.21. The van der Waals surface area contributed by atoms with Crippen molar-refractivity contribution in [2.45, 2.75) is 51.7 Å². The number of thioether (sulfide) groups is 1. The van der Waals surface area contributed by atoms with Crippen molar-refractivity contribution in [1.82, 2.24) is 0 Å². The van der Waals surface area contributed by atoms with Gasteiger partial charge < -0.3 is 5.32 Å². The number of hydrogen-bond acceptors (Lipinski definition) is 3. The molecule has 0 saturated carbocycles. The van der Waals surface area contributed by atoms with E-state index in [-0.39, 0.29) is 11.2 Å². The third-order valence-corrected chi connectivity index (χ3v) is 4.66. The van der Waals surface area contributed by atoms with Gasteiger partial charge in [-0.2, -0.15) is 5.26 Å². The van der Waals surface area contributed by atoms with Crippen LogP contribution in [0.2, 0.25) is 0 Å². The molecule has 1 amide bonds. The van der Waals surface area contributed by atoms with Crippen LogP contribution in [-0.2, 0) is 17.6 Å². The van der Waals surface area contributed by atoms with Crippen LogP contribution in [0.25, 0.3) is 0 Å². The van der Waals surface area contributed by atoms with E-state index in [1.54, 1.807) is 11.8 Å².